The average molecular weight is 310 g/mol. The first-order valence-corrected chi connectivity index (χ1v) is 7.55. The Bertz CT molecular complexity index is 724. The molecule has 118 valence electrons. The lowest BCUT2D eigenvalue weighted by Gasteiger charge is -2.06. The van der Waals surface area contributed by atoms with Crippen molar-refractivity contribution in [3.63, 3.8) is 0 Å². The molecule has 1 heterocycles. The summed E-state index contributed by atoms with van der Waals surface area (Å²) in [5.41, 5.74) is 2.34. The van der Waals surface area contributed by atoms with Gasteiger partial charge in [-0.25, -0.2) is 0 Å². The van der Waals surface area contributed by atoms with E-state index < -0.39 is 0 Å². The normalized spacial score (nSPS) is 10.7. The minimum Gasteiger partial charge on any atom is -0.493 e. The van der Waals surface area contributed by atoms with Gasteiger partial charge in [-0.2, -0.15) is 0 Å². The second-order valence-corrected chi connectivity index (χ2v) is 5.05. The van der Waals surface area contributed by atoms with Crippen LogP contribution in [0.3, 0.4) is 0 Å². The van der Waals surface area contributed by atoms with Gasteiger partial charge in [0.15, 0.2) is 0 Å². The standard InChI is InChI=1S/C18H18N2O3/c21-12-10-17-19-20-18(23-17)11-13-22-16-8-6-15(7-9-16)14-4-2-1-3-5-14/h1-9,21H,10-13H2. The highest BCUT2D eigenvalue weighted by Crippen LogP contribution is 2.22. The SMILES string of the molecule is OCCc1nnc(CCOc2ccc(-c3ccccc3)cc2)o1. The Hall–Kier alpha value is -2.66. The molecule has 2 aromatic carbocycles. The lowest BCUT2D eigenvalue weighted by Crippen LogP contribution is -2.01. The fraction of sp³-hybridized carbons (Fsp3) is 0.222. The van der Waals surface area contributed by atoms with Crippen LogP contribution >= 0.6 is 0 Å². The minimum atomic E-state index is 0.00585. The summed E-state index contributed by atoms with van der Waals surface area (Å²) in [6.45, 7) is 0.470. The predicted molar refractivity (Wildman–Crippen MR) is 86.2 cm³/mol. The molecular formula is C18H18N2O3. The molecule has 1 N–H and O–H groups in total. The highest BCUT2D eigenvalue weighted by atomic mass is 16.5. The molecule has 1 aromatic heterocycles. The first kappa shape index (κ1) is 15.2. The van der Waals surface area contributed by atoms with E-state index in [9.17, 15) is 0 Å². The summed E-state index contributed by atoms with van der Waals surface area (Å²) >= 11 is 0. The van der Waals surface area contributed by atoms with Crippen molar-refractivity contribution in [3.8, 4) is 16.9 Å². The molecule has 5 heteroatoms. The summed E-state index contributed by atoms with van der Waals surface area (Å²) in [4.78, 5) is 0. The summed E-state index contributed by atoms with van der Waals surface area (Å²) < 4.78 is 11.1. The molecule has 0 aliphatic heterocycles. The van der Waals surface area contributed by atoms with Gasteiger partial charge in [0, 0.05) is 6.42 Å². The molecule has 23 heavy (non-hydrogen) atoms. The van der Waals surface area contributed by atoms with Gasteiger partial charge in [-0.3, -0.25) is 0 Å². The number of aromatic nitrogens is 2. The third-order valence-electron chi connectivity index (χ3n) is 3.38. The molecule has 0 saturated carbocycles. The quantitative estimate of drug-likeness (QED) is 0.726. The minimum absolute atomic E-state index is 0.00585. The molecule has 0 bridgehead atoms. The number of benzene rings is 2. The van der Waals surface area contributed by atoms with Crippen LogP contribution in [0.5, 0.6) is 5.75 Å². The van der Waals surface area contributed by atoms with Crippen molar-refractivity contribution >= 4 is 0 Å². The van der Waals surface area contributed by atoms with Crippen molar-refractivity contribution in [1.29, 1.82) is 0 Å². The average Bonchev–Trinajstić information content (AvgIpc) is 3.04. The molecule has 0 fully saturated rings. The van der Waals surface area contributed by atoms with Crippen molar-refractivity contribution in [2.75, 3.05) is 13.2 Å². The highest BCUT2D eigenvalue weighted by molar-refractivity contribution is 5.63. The number of ether oxygens (including phenoxy) is 1. The van der Waals surface area contributed by atoms with Gasteiger partial charge in [0.2, 0.25) is 11.8 Å². The van der Waals surface area contributed by atoms with Crippen LogP contribution in [0.1, 0.15) is 11.8 Å². The molecule has 0 atom stereocenters. The molecule has 3 rings (SSSR count). The molecule has 0 spiro atoms. The molecule has 0 amide bonds. The van der Waals surface area contributed by atoms with Gasteiger partial charge in [-0.1, -0.05) is 42.5 Å². The van der Waals surface area contributed by atoms with Crippen LogP contribution in [0.4, 0.5) is 0 Å². The van der Waals surface area contributed by atoms with Crippen LogP contribution in [0, 0.1) is 0 Å². The number of aliphatic hydroxyl groups excluding tert-OH is 1. The van der Waals surface area contributed by atoms with Gasteiger partial charge in [0.05, 0.1) is 19.6 Å². The Morgan fingerprint density at radius 1 is 0.826 bits per heavy atom. The smallest absolute Gasteiger partial charge is 0.219 e. The summed E-state index contributed by atoms with van der Waals surface area (Å²) in [5, 5.41) is 16.6. The van der Waals surface area contributed by atoms with E-state index in [0.29, 0.717) is 31.2 Å². The zero-order chi connectivity index (χ0) is 15.9. The number of rotatable bonds is 7. The second kappa shape index (κ2) is 7.56. The van der Waals surface area contributed by atoms with E-state index in [0.717, 1.165) is 11.3 Å². The maximum atomic E-state index is 8.81. The monoisotopic (exact) mass is 310 g/mol. The Kier molecular flexibility index (Phi) is 5.01. The van der Waals surface area contributed by atoms with Gasteiger partial charge >= 0.3 is 0 Å². The van der Waals surface area contributed by atoms with Crippen molar-refractivity contribution in [1.82, 2.24) is 10.2 Å². The summed E-state index contributed by atoms with van der Waals surface area (Å²) in [7, 11) is 0. The molecule has 0 aliphatic carbocycles. The van der Waals surface area contributed by atoms with E-state index in [1.807, 2.05) is 42.5 Å². The van der Waals surface area contributed by atoms with Crippen LogP contribution < -0.4 is 4.74 Å². The fourth-order valence-electron chi connectivity index (χ4n) is 2.22. The lowest BCUT2D eigenvalue weighted by atomic mass is 10.1. The second-order valence-electron chi connectivity index (χ2n) is 5.05. The van der Waals surface area contributed by atoms with Gasteiger partial charge in [-0.15, -0.1) is 10.2 Å². The maximum Gasteiger partial charge on any atom is 0.219 e. The van der Waals surface area contributed by atoms with Crippen LogP contribution in [-0.2, 0) is 12.8 Å². The molecule has 0 unspecified atom stereocenters. The van der Waals surface area contributed by atoms with Gasteiger partial charge < -0.3 is 14.3 Å². The van der Waals surface area contributed by atoms with E-state index in [4.69, 9.17) is 14.3 Å². The zero-order valence-electron chi connectivity index (χ0n) is 12.7. The van der Waals surface area contributed by atoms with Crippen molar-refractivity contribution in [3.05, 3.63) is 66.4 Å². The molecule has 0 radical (unpaired) electrons. The number of hydrogen-bond acceptors (Lipinski definition) is 5. The van der Waals surface area contributed by atoms with Crippen LogP contribution in [0.25, 0.3) is 11.1 Å². The summed E-state index contributed by atoms with van der Waals surface area (Å²) in [6.07, 6.45) is 0.924. The van der Waals surface area contributed by atoms with Gasteiger partial charge in [-0.05, 0) is 23.3 Å². The summed E-state index contributed by atoms with van der Waals surface area (Å²) in [5.74, 6) is 1.78. The third-order valence-corrected chi connectivity index (χ3v) is 3.38. The number of hydrogen-bond donors (Lipinski definition) is 1. The molecular weight excluding hydrogens is 292 g/mol. The van der Waals surface area contributed by atoms with E-state index >= 15 is 0 Å². The van der Waals surface area contributed by atoms with Crippen LogP contribution in [0.15, 0.2) is 59.0 Å². The Morgan fingerprint density at radius 3 is 2.17 bits per heavy atom. The molecule has 5 nitrogen and oxygen atoms in total. The Balaban J connectivity index is 1.52. The summed E-state index contributed by atoms with van der Waals surface area (Å²) in [6, 6.07) is 18.2. The Morgan fingerprint density at radius 2 is 1.48 bits per heavy atom. The molecule has 3 aromatic rings. The highest BCUT2D eigenvalue weighted by Gasteiger charge is 2.06. The van der Waals surface area contributed by atoms with Crippen LogP contribution in [0.2, 0.25) is 0 Å². The largest absolute Gasteiger partial charge is 0.493 e. The van der Waals surface area contributed by atoms with Crippen molar-refractivity contribution < 1.29 is 14.3 Å². The van der Waals surface area contributed by atoms with Gasteiger partial charge in [0.25, 0.3) is 0 Å². The first-order chi connectivity index (χ1) is 11.3. The first-order valence-electron chi connectivity index (χ1n) is 7.55. The van der Waals surface area contributed by atoms with E-state index in [1.54, 1.807) is 0 Å². The Labute approximate surface area is 134 Å². The zero-order valence-corrected chi connectivity index (χ0v) is 12.7. The van der Waals surface area contributed by atoms with Crippen molar-refractivity contribution in [2.24, 2.45) is 0 Å². The van der Waals surface area contributed by atoms with Gasteiger partial charge in [0.1, 0.15) is 5.75 Å². The third kappa shape index (κ3) is 4.17. The predicted octanol–water partition coefficient (Wildman–Crippen LogP) is 2.89. The topological polar surface area (TPSA) is 68.4 Å². The molecule has 0 saturated heterocycles. The van der Waals surface area contributed by atoms with Crippen molar-refractivity contribution in [2.45, 2.75) is 12.8 Å². The van der Waals surface area contributed by atoms with E-state index in [-0.39, 0.29) is 6.61 Å². The van der Waals surface area contributed by atoms with E-state index in [2.05, 4.69) is 22.3 Å². The number of nitrogens with zero attached hydrogens (tertiary/aromatic N) is 2. The number of aliphatic hydroxyl groups is 1. The van der Waals surface area contributed by atoms with Crippen LogP contribution in [-0.4, -0.2) is 28.5 Å². The van der Waals surface area contributed by atoms with E-state index in [1.165, 1.54) is 5.56 Å². The molecule has 0 aliphatic rings. The maximum absolute atomic E-state index is 8.81. The lowest BCUT2D eigenvalue weighted by molar-refractivity contribution is 0.278. The fourth-order valence-corrected chi connectivity index (χ4v) is 2.22.